The quantitative estimate of drug-likeness (QED) is 0.745. The minimum atomic E-state index is -0.610. The molecule has 0 aliphatic carbocycles. The number of anilines is 1. The molecule has 15 heavy (non-hydrogen) atoms. The number of alkyl carbamates (subject to hydrolysis) is 1. The number of hydrogen-bond donors (Lipinski definition) is 2. The van der Waals surface area contributed by atoms with Gasteiger partial charge in [0.15, 0.2) is 5.11 Å². The molecule has 0 saturated heterocycles. The smallest absolute Gasteiger partial charge is 0.413 e. The summed E-state index contributed by atoms with van der Waals surface area (Å²) < 4.78 is 4.38. The maximum atomic E-state index is 10.8. The van der Waals surface area contributed by atoms with Gasteiger partial charge in [0.1, 0.15) is 0 Å². The largest absolute Gasteiger partial charge is 0.453 e. The fourth-order valence-electron chi connectivity index (χ4n) is 0.839. The number of methoxy groups -OCH3 is 1. The molecule has 1 aromatic rings. The second-order valence-corrected chi connectivity index (χ2v) is 3.42. The number of rotatable bonds is 1. The highest BCUT2D eigenvalue weighted by atomic mass is 35.5. The molecule has 0 heterocycles. The lowest BCUT2D eigenvalue weighted by atomic mass is 10.3. The monoisotopic (exact) mass is 244 g/mol. The van der Waals surface area contributed by atoms with Gasteiger partial charge in [-0.1, -0.05) is 11.6 Å². The molecule has 6 heteroatoms. The van der Waals surface area contributed by atoms with Gasteiger partial charge in [-0.05, 0) is 36.5 Å². The van der Waals surface area contributed by atoms with Crippen molar-refractivity contribution < 1.29 is 9.53 Å². The molecule has 2 N–H and O–H groups in total. The van der Waals surface area contributed by atoms with E-state index < -0.39 is 6.09 Å². The third-order valence-electron chi connectivity index (χ3n) is 1.50. The van der Waals surface area contributed by atoms with Gasteiger partial charge in [0.05, 0.1) is 7.11 Å². The van der Waals surface area contributed by atoms with Crippen LogP contribution >= 0.6 is 23.8 Å². The molecule has 0 aliphatic rings. The van der Waals surface area contributed by atoms with Crippen molar-refractivity contribution in [2.24, 2.45) is 0 Å². The average Bonchev–Trinajstić information content (AvgIpc) is 2.21. The van der Waals surface area contributed by atoms with Crippen LogP contribution in [-0.2, 0) is 4.74 Å². The second kappa shape index (κ2) is 5.53. The van der Waals surface area contributed by atoms with Gasteiger partial charge >= 0.3 is 6.09 Å². The first kappa shape index (κ1) is 11.7. The number of amides is 1. The van der Waals surface area contributed by atoms with E-state index in [1.807, 2.05) is 0 Å². The molecule has 0 atom stereocenters. The SMILES string of the molecule is COC(=O)NC(=S)Nc1ccc(Cl)cc1. The number of nitrogens with one attached hydrogen (secondary N) is 2. The van der Waals surface area contributed by atoms with E-state index in [2.05, 4.69) is 15.4 Å². The molecule has 1 aromatic carbocycles. The van der Waals surface area contributed by atoms with Crippen LogP contribution < -0.4 is 10.6 Å². The van der Waals surface area contributed by atoms with Crippen LogP contribution in [0.2, 0.25) is 5.02 Å². The number of halogens is 1. The highest BCUT2D eigenvalue weighted by Crippen LogP contribution is 2.12. The summed E-state index contributed by atoms with van der Waals surface area (Å²) in [5, 5.41) is 5.92. The molecular weight excluding hydrogens is 236 g/mol. The summed E-state index contributed by atoms with van der Waals surface area (Å²) in [5.74, 6) is 0. The summed E-state index contributed by atoms with van der Waals surface area (Å²) in [5.41, 5.74) is 0.737. The van der Waals surface area contributed by atoms with Gasteiger partial charge in [-0.2, -0.15) is 0 Å². The van der Waals surface area contributed by atoms with E-state index in [0.29, 0.717) is 5.02 Å². The summed E-state index contributed by atoms with van der Waals surface area (Å²) in [7, 11) is 1.26. The number of thiocarbonyl (C=S) groups is 1. The van der Waals surface area contributed by atoms with Crippen molar-refractivity contribution in [2.75, 3.05) is 12.4 Å². The van der Waals surface area contributed by atoms with E-state index in [-0.39, 0.29) is 5.11 Å². The zero-order valence-electron chi connectivity index (χ0n) is 7.91. The van der Waals surface area contributed by atoms with Crippen LogP contribution in [0, 0.1) is 0 Å². The summed E-state index contributed by atoms with van der Waals surface area (Å²) in [6, 6.07) is 6.91. The standard InChI is InChI=1S/C9H9ClN2O2S/c1-14-9(13)12-8(15)11-7-4-2-6(10)3-5-7/h2-5H,1H3,(H2,11,12,13,15). The van der Waals surface area contributed by atoms with Crippen molar-refractivity contribution in [2.45, 2.75) is 0 Å². The van der Waals surface area contributed by atoms with Crippen LogP contribution in [0.5, 0.6) is 0 Å². The van der Waals surface area contributed by atoms with Crippen molar-refractivity contribution in [3.63, 3.8) is 0 Å². The van der Waals surface area contributed by atoms with E-state index in [1.54, 1.807) is 24.3 Å². The molecule has 0 spiro atoms. The molecule has 0 bridgehead atoms. The lowest BCUT2D eigenvalue weighted by Crippen LogP contribution is -2.33. The van der Waals surface area contributed by atoms with E-state index in [4.69, 9.17) is 23.8 Å². The van der Waals surface area contributed by atoms with Gasteiger partial charge in [-0.15, -0.1) is 0 Å². The van der Waals surface area contributed by atoms with Gasteiger partial charge in [-0.3, -0.25) is 5.32 Å². The molecule has 0 unspecified atom stereocenters. The number of benzene rings is 1. The molecule has 0 aliphatic heterocycles. The number of carbonyl (C=O) groups is 1. The minimum Gasteiger partial charge on any atom is -0.453 e. The van der Waals surface area contributed by atoms with Crippen molar-refractivity contribution in [3.8, 4) is 0 Å². The first-order valence-electron chi connectivity index (χ1n) is 4.03. The molecule has 0 aromatic heterocycles. The third-order valence-corrected chi connectivity index (χ3v) is 1.96. The molecule has 80 valence electrons. The summed E-state index contributed by atoms with van der Waals surface area (Å²) >= 11 is 10.6. The molecular formula is C9H9ClN2O2S. The Morgan fingerprint density at radius 3 is 2.53 bits per heavy atom. The number of hydrogen-bond acceptors (Lipinski definition) is 3. The Labute approximate surface area is 97.6 Å². The second-order valence-electron chi connectivity index (χ2n) is 2.58. The van der Waals surface area contributed by atoms with Gasteiger partial charge in [-0.25, -0.2) is 4.79 Å². The van der Waals surface area contributed by atoms with Crippen LogP contribution in [0.15, 0.2) is 24.3 Å². The van der Waals surface area contributed by atoms with Gasteiger partial charge in [0.25, 0.3) is 0 Å². The zero-order valence-corrected chi connectivity index (χ0v) is 9.48. The Morgan fingerprint density at radius 2 is 2.00 bits per heavy atom. The Balaban J connectivity index is 2.51. The van der Waals surface area contributed by atoms with E-state index in [1.165, 1.54) is 7.11 Å². The Bertz CT molecular complexity index is 367. The average molecular weight is 245 g/mol. The fraction of sp³-hybridized carbons (Fsp3) is 0.111. The molecule has 0 radical (unpaired) electrons. The van der Waals surface area contributed by atoms with Crippen LogP contribution in [0.25, 0.3) is 0 Å². The first-order chi connectivity index (χ1) is 7.11. The number of ether oxygens (including phenoxy) is 1. The Hall–Kier alpha value is -1.33. The first-order valence-corrected chi connectivity index (χ1v) is 4.82. The lowest BCUT2D eigenvalue weighted by molar-refractivity contribution is 0.177. The lowest BCUT2D eigenvalue weighted by Gasteiger charge is -2.08. The summed E-state index contributed by atoms with van der Waals surface area (Å²) in [6.45, 7) is 0. The number of carbonyl (C=O) groups excluding carboxylic acids is 1. The van der Waals surface area contributed by atoms with Crippen LogP contribution in [-0.4, -0.2) is 18.3 Å². The highest BCUT2D eigenvalue weighted by molar-refractivity contribution is 7.80. The van der Waals surface area contributed by atoms with Gasteiger partial charge < -0.3 is 10.1 Å². The van der Waals surface area contributed by atoms with Crippen LogP contribution in [0.3, 0.4) is 0 Å². The minimum absolute atomic E-state index is 0.171. The third kappa shape index (κ3) is 4.14. The normalized spacial score (nSPS) is 9.20. The van der Waals surface area contributed by atoms with Gasteiger partial charge in [0.2, 0.25) is 0 Å². The summed E-state index contributed by atoms with van der Waals surface area (Å²) in [4.78, 5) is 10.8. The molecule has 1 amide bonds. The Kier molecular flexibility index (Phi) is 4.33. The van der Waals surface area contributed by atoms with E-state index in [0.717, 1.165) is 5.69 Å². The van der Waals surface area contributed by atoms with Crippen molar-refractivity contribution in [3.05, 3.63) is 29.3 Å². The predicted octanol–water partition coefficient (Wildman–Crippen LogP) is 2.39. The highest BCUT2D eigenvalue weighted by Gasteiger charge is 2.02. The van der Waals surface area contributed by atoms with Crippen LogP contribution in [0.1, 0.15) is 0 Å². The Morgan fingerprint density at radius 1 is 1.40 bits per heavy atom. The van der Waals surface area contributed by atoms with Crippen molar-refractivity contribution >= 4 is 40.7 Å². The zero-order chi connectivity index (χ0) is 11.3. The predicted molar refractivity (Wildman–Crippen MR) is 63.2 cm³/mol. The fourth-order valence-corrected chi connectivity index (χ4v) is 1.17. The maximum absolute atomic E-state index is 10.8. The van der Waals surface area contributed by atoms with Crippen molar-refractivity contribution in [1.82, 2.24) is 5.32 Å². The van der Waals surface area contributed by atoms with E-state index >= 15 is 0 Å². The molecule has 0 fully saturated rings. The van der Waals surface area contributed by atoms with E-state index in [9.17, 15) is 4.79 Å². The topological polar surface area (TPSA) is 50.4 Å². The molecule has 4 nitrogen and oxygen atoms in total. The summed E-state index contributed by atoms with van der Waals surface area (Å²) in [6.07, 6.45) is -0.610. The van der Waals surface area contributed by atoms with Gasteiger partial charge in [0, 0.05) is 10.7 Å². The van der Waals surface area contributed by atoms with Crippen molar-refractivity contribution in [1.29, 1.82) is 0 Å². The van der Waals surface area contributed by atoms with Crippen LogP contribution in [0.4, 0.5) is 10.5 Å². The molecule has 1 rings (SSSR count). The molecule has 0 saturated carbocycles. The maximum Gasteiger partial charge on any atom is 0.413 e.